The van der Waals surface area contributed by atoms with Gasteiger partial charge in [0.1, 0.15) is 5.69 Å². The van der Waals surface area contributed by atoms with Gasteiger partial charge in [0, 0.05) is 35.1 Å². The van der Waals surface area contributed by atoms with E-state index in [1.54, 1.807) is 10.6 Å². The molecule has 1 saturated heterocycles. The van der Waals surface area contributed by atoms with Gasteiger partial charge >= 0.3 is 5.97 Å². The van der Waals surface area contributed by atoms with Gasteiger partial charge in [-0.2, -0.15) is 0 Å². The molecule has 44 heavy (non-hydrogen) atoms. The monoisotopic (exact) mass is 648 g/mol. The summed E-state index contributed by atoms with van der Waals surface area (Å²) in [5, 5.41) is 1.25. The highest BCUT2D eigenvalue weighted by Crippen LogP contribution is 2.34. The van der Waals surface area contributed by atoms with E-state index in [1.807, 2.05) is 77.7 Å². The summed E-state index contributed by atoms with van der Waals surface area (Å²) < 4.78 is 7.65. The molecule has 6 nitrogen and oxygen atoms in total. The number of amides is 1. The Bertz CT molecular complexity index is 1860. The second-order valence-electron chi connectivity index (χ2n) is 11.3. The molecule has 1 aliphatic heterocycles. The van der Waals surface area contributed by atoms with Crippen molar-refractivity contribution in [2.45, 2.75) is 25.8 Å². The first kappa shape index (κ1) is 29.6. The number of hydrogen-bond acceptors (Lipinski definition) is 4. The van der Waals surface area contributed by atoms with Gasteiger partial charge in [-0.3, -0.25) is 9.59 Å². The van der Waals surface area contributed by atoms with Crippen molar-refractivity contribution < 1.29 is 14.3 Å². The van der Waals surface area contributed by atoms with Gasteiger partial charge in [-0.1, -0.05) is 101 Å². The molecule has 2 heterocycles. The van der Waals surface area contributed by atoms with Gasteiger partial charge in [0.25, 0.3) is 5.56 Å². The summed E-state index contributed by atoms with van der Waals surface area (Å²) in [5.41, 5.74) is 4.82. The van der Waals surface area contributed by atoms with Crippen LogP contribution in [-0.4, -0.2) is 41.5 Å². The highest BCUT2D eigenvalue weighted by molar-refractivity contribution is 9.10. The molecular formula is C37H33BrN2O4. The van der Waals surface area contributed by atoms with Crippen molar-refractivity contribution in [3.63, 3.8) is 0 Å². The molecule has 0 saturated carbocycles. The molecule has 0 spiro atoms. The number of rotatable bonds is 7. The van der Waals surface area contributed by atoms with Crippen LogP contribution in [0.15, 0.2) is 112 Å². The van der Waals surface area contributed by atoms with E-state index in [0.29, 0.717) is 42.4 Å². The van der Waals surface area contributed by atoms with Gasteiger partial charge in [-0.15, -0.1) is 0 Å². The number of piperidine rings is 1. The van der Waals surface area contributed by atoms with Crippen LogP contribution < -0.4 is 5.56 Å². The van der Waals surface area contributed by atoms with Crippen molar-refractivity contribution in [3.05, 3.63) is 129 Å². The fourth-order valence-corrected chi connectivity index (χ4v) is 6.52. The van der Waals surface area contributed by atoms with Crippen LogP contribution in [0.3, 0.4) is 0 Å². The van der Waals surface area contributed by atoms with E-state index in [0.717, 1.165) is 39.6 Å². The number of carbonyl (C=O) groups excluding carboxylic acids is 2. The predicted octanol–water partition coefficient (Wildman–Crippen LogP) is 7.37. The summed E-state index contributed by atoms with van der Waals surface area (Å²) in [6.45, 7) is 1.60. The fraction of sp³-hybridized carbons (Fsp3) is 0.216. The zero-order valence-electron chi connectivity index (χ0n) is 24.5. The van der Waals surface area contributed by atoms with Crippen molar-refractivity contribution in [3.8, 4) is 22.3 Å². The average molecular weight is 650 g/mol. The van der Waals surface area contributed by atoms with E-state index in [1.165, 1.54) is 7.11 Å². The predicted molar refractivity (Wildman–Crippen MR) is 178 cm³/mol. The van der Waals surface area contributed by atoms with Crippen molar-refractivity contribution in [1.82, 2.24) is 9.47 Å². The van der Waals surface area contributed by atoms with Crippen LogP contribution in [0.2, 0.25) is 0 Å². The molecule has 0 N–H and O–H groups in total. The number of methoxy groups -OCH3 is 1. The third-order valence-electron chi connectivity index (χ3n) is 8.50. The standard InChI is InChI=1S/C37H33BrN2O4/c1-44-37(43)35-34(29-10-6-3-7-11-29)32-23-30(38)16-17-31(32)36(42)40(35)24-26-18-20-39(21-19-26)33(41)22-25-12-14-28(15-13-25)27-8-4-2-5-9-27/h2-17,23,26H,18-22,24H2,1H3. The van der Waals surface area contributed by atoms with Crippen LogP contribution in [0, 0.1) is 5.92 Å². The second kappa shape index (κ2) is 13.0. The first-order valence-electron chi connectivity index (χ1n) is 14.8. The Kier molecular flexibility index (Phi) is 8.75. The minimum Gasteiger partial charge on any atom is -0.464 e. The molecule has 4 aromatic carbocycles. The fourth-order valence-electron chi connectivity index (χ4n) is 6.15. The first-order chi connectivity index (χ1) is 21.4. The Morgan fingerprint density at radius 1 is 0.795 bits per heavy atom. The summed E-state index contributed by atoms with van der Waals surface area (Å²) in [6, 6.07) is 33.5. The maximum absolute atomic E-state index is 13.9. The molecule has 0 aliphatic carbocycles. The van der Waals surface area contributed by atoms with E-state index in [4.69, 9.17) is 4.74 Å². The quantitative estimate of drug-likeness (QED) is 0.173. The molecule has 6 rings (SSSR count). The van der Waals surface area contributed by atoms with Gasteiger partial charge in [0.2, 0.25) is 5.91 Å². The topological polar surface area (TPSA) is 68.6 Å². The van der Waals surface area contributed by atoms with Crippen LogP contribution in [0.5, 0.6) is 0 Å². The van der Waals surface area contributed by atoms with Gasteiger partial charge in [0.05, 0.1) is 13.5 Å². The zero-order chi connectivity index (χ0) is 30.6. The molecule has 222 valence electrons. The lowest BCUT2D eigenvalue weighted by Gasteiger charge is -2.33. The van der Waals surface area contributed by atoms with Crippen LogP contribution in [-0.2, 0) is 22.5 Å². The Morgan fingerprint density at radius 2 is 1.41 bits per heavy atom. The maximum Gasteiger partial charge on any atom is 0.355 e. The number of halogens is 1. The molecule has 1 aliphatic rings. The van der Waals surface area contributed by atoms with E-state index >= 15 is 0 Å². The van der Waals surface area contributed by atoms with E-state index < -0.39 is 5.97 Å². The van der Waals surface area contributed by atoms with Crippen molar-refractivity contribution in [2.75, 3.05) is 20.2 Å². The third kappa shape index (κ3) is 6.10. The summed E-state index contributed by atoms with van der Waals surface area (Å²) in [6.07, 6.45) is 1.84. The van der Waals surface area contributed by atoms with Crippen molar-refractivity contribution in [2.24, 2.45) is 5.92 Å². The minimum atomic E-state index is -0.547. The molecule has 1 amide bonds. The Balaban J connectivity index is 1.21. The van der Waals surface area contributed by atoms with Crippen LogP contribution in [0.1, 0.15) is 28.9 Å². The first-order valence-corrected chi connectivity index (χ1v) is 15.6. The van der Waals surface area contributed by atoms with Gasteiger partial charge in [-0.25, -0.2) is 4.79 Å². The van der Waals surface area contributed by atoms with E-state index in [2.05, 4.69) is 40.2 Å². The lowest BCUT2D eigenvalue weighted by atomic mass is 9.93. The average Bonchev–Trinajstić information content (AvgIpc) is 3.07. The Morgan fingerprint density at radius 3 is 2.05 bits per heavy atom. The van der Waals surface area contributed by atoms with Gasteiger partial charge < -0.3 is 14.2 Å². The van der Waals surface area contributed by atoms with Crippen LogP contribution >= 0.6 is 15.9 Å². The van der Waals surface area contributed by atoms with Crippen molar-refractivity contribution >= 4 is 38.6 Å². The molecule has 0 bridgehead atoms. The summed E-state index contributed by atoms with van der Waals surface area (Å²) in [4.78, 5) is 42.3. The number of esters is 1. The molecule has 7 heteroatoms. The number of likely N-dealkylation sites (tertiary alicyclic amines) is 1. The molecule has 1 fully saturated rings. The number of ether oxygens (including phenoxy) is 1. The molecule has 0 radical (unpaired) electrons. The number of aromatic nitrogens is 1. The third-order valence-corrected chi connectivity index (χ3v) is 8.99. The highest BCUT2D eigenvalue weighted by atomic mass is 79.9. The number of carbonyl (C=O) groups is 2. The number of hydrogen-bond donors (Lipinski definition) is 0. The summed E-state index contributed by atoms with van der Waals surface area (Å²) >= 11 is 3.53. The molecular weight excluding hydrogens is 616 g/mol. The SMILES string of the molecule is COC(=O)c1c(-c2ccccc2)c2cc(Br)ccc2c(=O)n1CC1CCN(C(=O)Cc2ccc(-c3ccccc3)cc2)CC1. The van der Waals surface area contributed by atoms with E-state index in [-0.39, 0.29) is 23.1 Å². The van der Waals surface area contributed by atoms with Gasteiger partial charge in [-0.05, 0) is 64.6 Å². The van der Waals surface area contributed by atoms with Crippen LogP contribution in [0.4, 0.5) is 0 Å². The molecule has 5 aromatic rings. The number of benzene rings is 4. The molecule has 0 unspecified atom stereocenters. The number of nitrogens with zero attached hydrogens (tertiary/aromatic N) is 2. The highest BCUT2D eigenvalue weighted by Gasteiger charge is 2.28. The second-order valence-corrected chi connectivity index (χ2v) is 12.2. The molecule has 1 aromatic heterocycles. The number of pyridine rings is 1. The lowest BCUT2D eigenvalue weighted by molar-refractivity contribution is -0.131. The Labute approximate surface area is 265 Å². The summed E-state index contributed by atoms with van der Waals surface area (Å²) in [7, 11) is 1.34. The normalized spacial score (nSPS) is 13.6. The van der Waals surface area contributed by atoms with Gasteiger partial charge in [0.15, 0.2) is 0 Å². The summed E-state index contributed by atoms with van der Waals surface area (Å²) in [5.74, 6) is -0.318. The smallest absolute Gasteiger partial charge is 0.355 e. The largest absolute Gasteiger partial charge is 0.464 e. The lowest BCUT2D eigenvalue weighted by Crippen LogP contribution is -2.41. The van der Waals surface area contributed by atoms with Crippen molar-refractivity contribution in [1.29, 1.82) is 0 Å². The van der Waals surface area contributed by atoms with Crippen LogP contribution in [0.25, 0.3) is 33.0 Å². The minimum absolute atomic E-state index is 0.103. The zero-order valence-corrected chi connectivity index (χ0v) is 26.1. The number of fused-ring (bicyclic) bond motifs is 1. The van der Waals surface area contributed by atoms with E-state index in [9.17, 15) is 14.4 Å². The Hall–Kier alpha value is -4.49. The maximum atomic E-state index is 13.9. The molecule has 0 atom stereocenters.